The molecule has 0 atom stereocenters. The van der Waals surface area contributed by atoms with Crippen molar-refractivity contribution >= 4 is 5.97 Å². The Kier molecular flexibility index (Phi) is 4.91. The Morgan fingerprint density at radius 1 is 1.50 bits per heavy atom. The second kappa shape index (κ2) is 5.45. The first-order valence-corrected chi connectivity index (χ1v) is 3.37. The van der Waals surface area contributed by atoms with Crippen molar-refractivity contribution in [1.82, 2.24) is 4.98 Å². The number of nitrogens with one attached hydrogen (secondary N) is 1. The molecule has 5 nitrogen and oxygen atoms in total. The van der Waals surface area contributed by atoms with Crippen molar-refractivity contribution < 1.29 is 30.9 Å². The molecule has 0 bridgehead atoms. The third-order valence-corrected chi connectivity index (χ3v) is 1.00. The van der Waals surface area contributed by atoms with Gasteiger partial charge in [0, 0.05) is 18.3 Å². The molecule has 0 amide bonds. The molecule has 0 aliphatic heterocycles. The fraction of sp³-hybridized carbons (Fsp3) is 0. The Morgan fingerprint density at radius 3 is 2.42 bits per heavy atom. The van der Waals surface area contributed by atoms with Crippen LogP contribution < -0.4 is 5.43 Å². The van der Waals surface area contributed by atoms with E-state index in [4.69, 9.17) is 8.78 Å². The summed E-state index contributed by atoms with van der Waals surface area (Å²) in [6.07, 6.45) is 1.30. The van der Waals surface area contributed by atoms with E-state index in [0.717, 1.165) is 23.4 Å². The topological polar surface area (TPSA) is 87.2 Å². The van der Waals surface area contributed by atoms with Crippen molar-refractivity contribution in [3.05, 3.63) is 34.2 Å². The van der Waals surface area contributed by atoms with Crippen molar-refractivity contribution in [1.29, 1.82) is 0 Å². The number of aromatic carboxylic acids is 1. The molecule has 0 radical (unpaired) electrons. The molecule has 0 aliphatic carbocycles. The Labute approximate surface area is 76.6 Å². The first-order valence-electron chi connectivity index (χ1n) is 2.80. The summed E-state index contributed by atoms with van der Waals surface area (Å²) < 4.78 is 8.19. The van der Waals surface area contributed by atoms with Gasteiger partial charge in [0.1, 0.15) is 5.69 Å². The maximum atomic E-state index is 10.5. The van der Waals surface area contributed by atoms with Gasteiger partial charge < -0.3 is 10.1 Å². The molecule has 0 aromatic carbocycles. The van der Waals surface area contributed by atoms with Crippen molar-refractivity contribution in [2.75, 3.05) is 0 Å². The van der Waals surface area contributed by atoms with Crippen LogP contribution in [-0.4, -0.2) is 16.1 Å². The van der Waals surface area contributed by atoms with Crippen LogP contribution in [0.2, 0.25) is 0 Å². The number of hydrogen-bond donors (Lipinski definition) is 2. The summed E-state index contributed by atoms with van der Waals surface area (Å²) in [6, 6.07) is 2.29. The molecule has 12 heavy (non-hydrogen) atoms. The number of carbonyl (C=O) groups is 1. The average molecular weight is 206 g/mol. The molecule has 0 spiro atoms. The minimum absolute atomic E-state index is 0.0903. The zero-order valence-electron chi connectivity index (χ0n) is 5.85. The molecule has 0 unspecified atom stereocenters. The van der Waals surface area contributed by atoms with E-state index in [1.807, 2.05) is 0 Å². The van der Waals surface area contributed by atoms with Crippen molar-refractivity contribution in [3.63, 3.8) is 0 Å². The minimum atomic E-state index is -1.13. The quantitative estimate of drug-likeness (QED) is 0.674. The van der Waals surface area contributed by atoms with Crippen LogP contribution in [0.5, 0.6) is 0 Å². The summed E-state index contributed by atoms with van der Waals surface area (Å²) in [5.41, 5.74) is -0.399. The standard InChI is InChI=1S/C6H5NO3.O.V/c8-4-1-2-7-5(3-4)6(9)10;;/h1-3H,(H,7,8)(H,9,10);;. The van der Waals surface area contributed by atoms with E-state index in [-0.39, 0.29) is 11.1 Å². The summed E-state index contributed by atoms with van der Waals surface area (Å²) in [5, 5.41) is 8.34. The molecule has 6 heteroatoms. The molecule has 1 aromatic rings. The SMILES string of the molecule is O=C(O)c1cc(=O)cc[nH]1.[O]=[V]. The van der Waals surface area contributed by atoms with Crippen LogP contribution in [0.3, 0.4) is 0 Å². The number of aromatic nitrogens is 1. The average Bonchev–Trinajstić information content (AvgIpc) is 2.08. The van der Waals surface area contributed by atoms with Gasteiger partial charge in [-0.05, 0) is 0 Å². The fourth-order valence-electron chi connectivity index (χ4n) is 0.569. The molecule has 0 fully saturated rings. The van der Waals surface area contributed by atoms with E-state index in [0.29, 0.717) is 0 Å². The number of carboxylic acids is 1. The number of pyridine rings is 1. The second-order valence-corrected chi connectivity index (χ2v) is 1.74. The second-order valence-electron chi connectivity index (χ2n) is 1.74. The summed E-state index contributed by atoms with van der Waals surface area (Å²) in [4.78, 5) is 23.1. The maximum absolute atomic E-state index is 10.5. The molecule has 1 heterocycles. The molecular formula is C6H5NO4V. The molecule has 0 saturated heterocycles. The Bertz CT molecular complexity index is 321. The van der Waals surface area contributed by atoms with Gasteiger partial charge in [-0.1, -0.05) is 0 Å². The van der Waals surface area contributed by atoms with Gasteiger partial charge in [0.05, 0.1) is 0 Å². The Morgan fingerprint density at radius 2 is 2.08 bits per heavy atom. The van der Waals surface area contributed by atoms with E-state index in [1.165, 1.54) is 12.3 Å². The molecule has 0 aliphatic rings. The molecule has 63 valence electrons. The summed E-state index contributed by atoms with van der Waals surface area (Å²) >= 11 is 1.06. The van der Waals surface area contributed by atoms with Gasteiger partial charge in [0.15, 0.2) is 5.43 Å². The normalized spacial score (nSPS) is 7.92. The number of H-pyrrole nitrogens is 1. The van der Waals surface area contributed by atoms with Crippen molar-refractivity contribution in [2.24, 2.45) is 0 Å². The number of aromatic amines is 1. The number of carboxylic acid groups (broad SMARTS) is 1. The van der Waals surface area contributed by atoms with Gasteiger partial charge in [-0.2, -0.15) is 0 Å². The first kappa shape index (κ1) is 10.8. The molecule has 0 saturated carbocycles. The third kappa shape index (κ3) is 3.27. The molecular weight excluding hydrogens is 201 g/mol. The van der Waals surface area contributed by atoms with Gasteiger partial charge in [-0.25, -0.2) is 4.79 Å². The van der Waals surface area contributed by atoms with Crippen LogP contribution in [0.15, 0.2) is 23.1 Å². The first-order chi connectivity index (χ1) is 5.70. The number of hydrogen-bond acceptors (Lipinski definition) is 3. The molecule has 1 aromatic heterocycles. The van der Waals surface area contributed by atoms with E-state index in [2.05, 4.69) is 4.98 Å². The fourth-order valence-corrected chi connectivity index (χ4v) is 0.569. The van der Waals surface area contributed by atoms with Crippen molar-refractivity contribution in [3.8, 4) is 0 Å². The van der Waals surface area contributed by atoms with Crippen LogP contribution in [0.25, 0.3) is 0 Å². The zero-order chi connectivity index (χ0) is 9.56. The predicted molar refractivity (Wildman–Crippen MR) is 34.7 cm³/mol. The molecule has 2 N–H and O–H groups in total. The molecule has 1 rings (SSSR count). The van der Waals surface area contributed by atoms with Crippen LogP contribution >= 0.6 is 0 Å². The van der Waals surface area contributed by atoms with Crippen molar-refractivity contribution in [2.45, 2.75) is 0 Å². The van der Waals surface area contributed by atoms with Gasteiger partial charge in [-0.15, -0.1) is 0 Å². The Balaban J connectivity index is 0.000000561. The van der Waals surface area contributed by atoms with Gasteiger partial charge >= 0.3 is 27.0 Å². The van der Waals surface area contributed by atoms with E-state index >= 15 is 0 Å². The van der Waals surface area contributed by atoms with Crippen LogP contribution in [0, 0.1) is 0 Å². The van der Waals surface area contributed by atoms with E-state index in [9.17, 15) is 9.59 Å². The van der Waals surface area contributed by atoms with Crippen LogP contribution in [0.4, 0.5) is 0 Å². The van der Waals surface area contributed by atoms with Crippen LogP contribution in [0.1, 0.15) is 10.5 Å². The predicted octanol–water partition coefficient (Wildman–Crippen LogP) is -0.0482. The van der Waals surface area contributed by atoms with Gasteiger partial charge in [0.25, 0.3) is 0 Å². The summed E-state index contributed by atoms with van der Waals surface area (Å²) in [6.45, 7) is 0. The van der Waals surface area contributed by atoms with Crippen LogP contribution in [-0.2, 0) is 21.0 Å². The third-order valence-electron chi connectivity index (χ3n) is 1.00. The zero-order valence-corrected chi connectivity index (χ0v) is 7.25. The Hall–Kier alpha value is -1.20. The van der Waals surface area contributed by atoms with E-state index < -0.39 is 5.97 Å². The van der Waals surface area contributed by atoms with Gasteiger partial charge in [-0.3, -0.25) is 4.79 Å². The van der Waals surface area contributed by atoms with Gasteiger partial charge in [0.2, 0.25) is 0 Å². The monoisotopic (exact) mass is 206 g/mol. The van der Waals surface area contributed by atoms with E-state index in [1.54, 1.807) is 0 Å². The summed E-state index contributed by atoms with van der Waals surface area (Å²) in [7, 11) is 0. The summed E-state index contributed by atoms with van der Waals surface area (Å²) in [5.74, 6) is -1.13. The number of rotatable bonds is 1.